The van der Waals surface area contributed by atoms with Gasteiger partial charge in [-0.15, -0.1) is 0 Å². The average molecular weight is 830 g/mol. The van der Waals surface area contributed by atoms with Gasteiger partial charge >= 0.3 is 71.1 Å². The molecule has 0 saturated heterocycles. The zero-order chi connectivity index (χ0) is 21.3. The smallest absolute Gasteiger partial charge is 1.00 e. The number of alkyl halides is 2. The third-order valence-electron chi connectivity index (χ3n) is 4.55. The van der Waals surface area contributed by atoms with Gasteiger partial charge in [-0.25, -0.2) is 0 Å². The second-order valence-electron chi connectivity index (χ2n) is 7.32. The molecule has 0 saturated carbocycles. The van der Waals surface area contributed by atoms with Gasteiger partial charge in [0.25, 0.3) is 0 Å². The van der Waals surface area contributed by atoms with Gasteiger partial charge in [-0.1, -0.05) is 116 Å². The molecule has 0 atom stereocenters. The summed E-state index contributed by atoms with van der Waals surface area (Å²) < 4.78 is 1.27. The monoisotopic (exact) mass is 828 g/mol. The van der Waals surface area contributed by atoms with Crippen LogP contribution < -0.4 is 100 Å². The first kappa shape index (κ1) is 48.4. The first-order valence-corrected chi connectivity index (χ1v) is 13.7. The fourth-order valence-corrected chi connectivity index (χ4v) is 3.80. The topological polar surface area (TPSA) is 74.6 Å². The molecule has 2 N–H and O–H groups in total. The molecule has 0 bridgehead atoms. The zero-order valence-corrected chi connectivity index (χ0v) is 31.9. The minimum absolute atomic E-state index is 0. The van der Waals surface area contributed by atoms with E-state index in [0.29, 0.717) is 12.8 Å². The van der Waals surface area contributed by atoms with E-state index in [4.69, 9.17) is 10.2 Å². The Morgan fingerprint density at radius 3 is 1.06 bits per heavy atom. The summed E-state index contributed by atoms with van der Waals surface area (Å²) in [4.78, 5) is 20.4. The SMILES string of the molecule is O=C(O)CCCCCCCCCCBr.O=C(O)CCCCCCCCCCI.[Br-].[I-].[Na+].[Na+]. The number of carboxylic acids is 2. The van der Waals surface area contributed by atoms with Crippen molar-refractivity contribution >= 4 is 50.5 Å². The van der Waals surface area contributed by atoms with Crippen LogP contribution >= 0.6 is 38.5 Å². The van der Waals surface area contributed by atoms with Crippen molar-refractivity contribution in [1.29, 1.82) is 0 Å². The van der Waals surface area contributed by atoms with E-state index < -0.39 is 11.9 Å². The number of unbranched alkanes of at least 4 members (excludes halogenated alkanes) is 14. The van der Waals surface area contributed by atoms with Crippen LogP contribution in [0, 0.1) is 0 Å². The molecule has 0 aliphatic carbocycles. The molecule has 10 heteroatoms. The van der Waals surface area contributed by atoms with E-state index in [9.17, 15) is 9.59 Å². The van der Waals surface area contributed by atoms with Gasteiger partial charge in [0.1, 0.15) is 0 Å². The van der Waals surface area contributed by atoms with Crippen LogP contribution in [0.3, 0.4) is 0 Å². The molecule has 184 valence electrons. The van der Waals surface area contributed by atoms with Gasteiger partial charge in [-0.05, 0) is 30.1 Å². The van der Waals surface area contributed by atoms with E-state index >= 15 is 0 Å². The van der Waals surface area contributed by atoms with Crippen molar-refractivity contribution in [3.8, 4) is 0 Å². The van der Waals surface area contributed by atoms with Crippen molar-refractivity contribution in [3.63, 3.8) is 0 Å². The summed E-state index contributed by atoms with van der Waals surface area (Å²) in [7, 11) is 0. The minimum Gasteiger partial charge on any atom is -1.00 e. The van der Waals surface area contributed by atoms with Crippen LogP contribution in [0.4, 0.5) is 0 Å². The van der Waals surface area contributed by atoms with Gasteiger partial charge in [0.2, 0.25) is 0 Å². The van der Waals surface area contributed by atoms with Crippen LogP contribution in [-0.4, -0.2) is 31.9 Å². The Bertz CT molecular complexity index is 328. The molecule has 0 spiro atoms. The summed E-state index contributed by atoms with van der Waals surface area (Å²) in [5, 5.41) is 17.9. The zero-order valence-electron chi connectivity index (χ0n) is 20.4. The first-order valence-electron chi connectivity index (χ1n) is 11.1. The van der Waals surface area contributed by atoms with Crippen molar-refractivity contribution in [2.75, 3.05) is 9.76 Å². The molecule has 0 aliphatic rings. The number of hydrogen-bond donors (Lipinski definition) is 2. The number of carbonyl (C=O) groups is 2. The summed E-state index contributed by atoms with van der Waals surface area (Å²) in [5.74, 6) is -1.32. The van der Waals surface area contributed by atoms with Crippen molar-refractivity contribution in [2.24, 2.45) is 0 Å². The predicted molar refractivity (Wildman–Crippen MR) is 131 cm³/mol. The number of aliphatic carboxylic acids is 2. The van der Waals surface area contributed by atoms with Crippen molar-refractivity contribution in [3.05, 3.63) is 0 Å². The third kappa shape index (κ3) is 54.3. The fourth-order valence-electron chi connectivity index (χ4n) is 2.86. The molecule has 32 heavy (non-hydrogen) atoms. The van der Waals surface area contributed by atoms with E-state index in [-0.39, 0.29) is 100 Å². The van der Waals surface area contributed by atoms with Crippen molar-refractivity contribution < 1.29 is 120 Å². The molecule has 0 aromatic rings. The second-order valence-corrected chi connectivity index (χ2v) is 9.19. The molecular formula is C22H42Br2I2Na2O4. The Balaban J connectivity index is -0.0000000939. The fraction of sp³-hybridized carbons (Fsp3) is 0.909. The molecule has 0 fully saturated rings. The molecule has 0 heterocycles. The minimum atomic E-state index is -0.665. The van der Waals surface area contributed by atoms with Gasteiger partial charge in [0.15, 0.2) is 0 Å². The molecule has 4 nitrogen and oxygen atoms in total. The van der Waals surface area contributed by atoms with Crippen molar-refractivity contribution in [1.82, 2.24) is 0 Å². The number of hydrogen-bond acceptors (Lipinski definition) is 2. The Morgan fingerprint density at radius 2 is 0.812 bits per heavy atom. The van der Waals surface area contributed by atoms with Gasteiger partial charge in [-0.3, -0.25) is 9.59 Å². The summed E-state index contributed by atoms with van der Waals surface area (Å²) >= 11 is 5.83. The van der Waals surface area contributed by atoms with E-state index in [0.717, 1.165) is 31.0 Å². The molecular weight excluding hydrogens is 788 g/mol. The first-order chi connectivity index (χ1) is 13.5. The maximum atomic E-state index is 10.2. The quantitative estimate of drug-likeness (QED) is 0.0569. The summed E-state index contributed by atoms with van der Waals surface area (Å²) in [6, 6.07) is 0. The normalized spacial score (nSPS) is 9.06. The number of halogens is 4. The van der Waals surface area contributed by atoms with E-state index in [2.05, 4.69) is 38.5 Å². The van der Waals surface area contributed by atoms with Crippen molar-refractivity contribution in [2.45, 2.75) is 116 Å². The Kier molecular flexibility index (Phi) is 67.1. The molecule has 0 amide bonds. The largest absolute Gasteiger partial charge is 1.00 e. The van der Waals surface area contributed by atoms with E-state index in [1.165, 1.54) is 81.5 Å². The van der Waals surface area contributed by atoms with Crippen LogP contribution in [0.5, 0.6) is 0 Å². The second kappa shape index (κ2) is 44.4. The summed E-state index contributed by atoms with van der Waals surface area (Å²) in [5.41, 5.74) is 0. The molecule has 0 unspecified atom stereocenters. The Labute approximate surface area is 291 Å². The molecule has 0 aliphatic heterocycles. The van der Waals surface area contributed by atoms with E-state index in [1.807, 2.05) is 0 Å². The average Bonchev–Trinajstić information content (AvgIpc) is 2.65. The van der Waals surface area contributed by atoms with Gasteiger partial charge in [-0.2, -0.15) is 0 Å². The van der Waals surface area contributed by atoms with Gasteiger partial charge < -0.3 is 51.2 Å². The van der Waals surface area contributed by atoms with Crippen LogP contribution in [0.15, 0.2) is 0 Å². The Hall–Kier alpha value is 3.36. The van der Waals surface area contributed by atoms with Crippen LogP contribution in [0.25, 0.3) is 0 Å². The predicted octanol–water partition coefficient (Wildman–Crippen LogP) is -3.99. The molecule has 0 aromatic carbocycles. The third-order valence-corrected chi connectivity index (χ3v) is 5.87. The summed E-state index contributed by atoms with van der Waals surface area (Å²) in [6.45, 7) is 0. The molecule has 0 radical (unpaired) electrons. The summed E-state index contributed by atoms with van der Waals surface area (Å²) in [6.07, 6.45) is 20.1. The van der Waals surface area contributed by atoms with Gasteiger partial charge in [0.05, 0.1) is 0 Å². The maximum Gasteiger partial charge on any atom is 1.00 e. The van der Waals surface area contributed by atoms with E-state index in [1.54, 1.807) is 0 Å². The number of carboxylic acid groups (broad SMARTS) is 2. The standard InChI is InChI=1S/C11H21BrO2.C11H21IO2.BrH.HI.2Na/c2*12-10-8-6-4-2-1-3-5-7-9-11(13)14;;;;/h2*1-10H2,(H,13,14);2*1H;;/q;;;;2*+1/p-2. The van der Waals surface area contributed by atoms with Crippen LogP contribution in [0.1, 0.15) is 116 Å². The van der Waals surface area contributed by atoms with Crippen LogP contribution in [0.2, 0.25) is 0 Å². The maximum absolute atomic E-state index is 10.2. The Morgan fingerprint density at radius 1 is 0.562 bits per heavy atom. The molecule has 0 aromatic heterocycles. The number of rotatable bonds is 20. The van der Waals surface area contributed by atoms with Crippen LogP contribution in [-0.2, 0) is 9.59 Å². The molecule has 0 rings (SSSR count). The van der Waals surface area contributed by atoms with Gasteiger partial charge in [0, 0.05) is 18.2 Å².